The van der Waals surface area contributed by atoms with Crippen molar-refractivity contribution in [1.29, 1.82) is 0 Å². The van der Waals surface area contributed by atoms with Crippen LogP contribution in [0.1, 0.15) is 5.69 Å². The number of aromatic nitrogens is 2. The summed E-state index contributed by atoms with van der Waals surface area (Å²) < 4.78 is 18.2. The maximum Gasteiger partial charge on any atom is 0.203 e. The van der Waals surface area contributed by atoms with Crippen LogP contribution in [0.25, 0.3) is 0 Å². The summed E-state index contributed by atoms with van der Waals surface area (Å²) in [7, 11) is 0. The maximum absolute atomic E-state index is 13.3. The first kappa shape index (κ1) is 16.6. The molecule has 128 valence electrons. The lowest BCUT2D eigenvalue weighted by molar-refractivity contribution is 0.00302. The van der Waals surface area contributed by atoms with E-state index in [2.05, 4.69) is 52.0 Å². The van der Waals surface area contributed by atoms with Crippen molar-refractivity contribution in [3.8, 4) is 0 Å². The van der Waals surface area contributed by atoms with Crippen molar-refractivity contribution in [1.82, 2.24) is 15.6 Å². The Kier molecular flexibility index (Phi) is 4.64. The number of nitrogens with zero attached hydrogens (tertiary/aromatic N) is 3. The molecule has 2 heterocycles. The van der Waals surface area contributed by atoms with Crippen molar-refractivity contribution in [3.63, 3.8) is 0 Å². The van der Waals surface area contributed by atoms with E-state index in [0.29, 0.717) is 18.8 Å². The standard InChI is InChI=1S/C13H14BrFN6O3/c14-8-3-7(1-2-9(8)15)18-12(19-23)10-11(21-24-20-10)17-6-13(22)4-16-5-13/h1-3,16,22-23H,4-6H2,(H,17,21)(H,18,19). The highest BCUT2D eigenvalue weighted by atomic mass is 79.9. The van der Waals surface area contributed by atoms with Crippen molar-refractivity contribution in [2.24, 2.45) is 5.16 Å². The van der Waals surface area contributed by atoms with Gasteiger partial charge < -0.3 is 26.3 Å². The molecule has 9 nitrogen and oxygen atoms in total. The van der Waals surface area contributed by atoms with Gasteiger partial charge in [0.1, 0.15) is 11.4 Å². The first-order chi connectivity index (χ1) is 11.5. The van der Waals surface area contributed by atoms with Crippen molar-refractivity contribution in [2.45, 2.75) is 5.60 Å². The van der Waals surface area contributed by atoms with E-state index in [4.69, 9.17) is 0 Å². The summed E-state index contributed by atoms with van der Waals surface area (Å²) in [5.74, 6) is -0.261. The third-order valence-electron chi connectivity index (χ3n) is 3.49. The van der Waals surface area contributed by atoms with Crippen molar-refractivity contribution in [3.05, 3.63) is 34.2 Å². The number of halogens is 2. The smallest absolute Gasteiger partial charge is 0.203 e. The predicted molar refractivity (Wildman–Crippen MR) is 86.7 cm³/mol. The number of β-amino-alcohol motifs (C(OH)–C–C–N with tert-alkyl or cyclic N) is 1. The fraction of sp³-hybridized carbons (Fsp3) is 0.308. The third kappa shape index (κ3) is 3.47. The Bertz CT molecular complexity index is 764. The average molecular weight is 401 g/mol. The fourth-order valence-corrected chi connectivity index (χ4v) is 2.47. The summed E-state index contributed by atoms with van der Waals surface area (Å²) >= 11 is 3.07. The molecule has 0 unspecified atom stereocenters. The second-order valence-corrected chi connectivity index (χ2v) is 6.20. The monoisotopic (exact) mass is 400 g/mol. The lowest BCUT2D eigenvalue weighted by Crippen LogP contribution is -2.63. The minimum atomic E-state index is -0.873. The number of aliphatic hydroxyl groups is 1. The van der Waals surface area contributed by atoms with Gasteiger partial charge in [0.15, 0.2) is 5.69 Å². The maximum atomic E-state index is 13.3. The average Bonchev–Trinajstić information content (AvgIpc) is 3.00. The molecule has 24 heavy (non-hydrogen) atoms. The highest BCUT2D eigenvalue weighted by molar-refractivity contribution is 9.10. The zero-order chi connectivity index (χ0) is 17.2. The predicted octanol–water partition coefficient (Wildman–Crippen LogP) is 0.965. The van der Waals surface area contributed by atoms with Crippen molar-refractivity contribution >= 4 is 33.3 Å². The Morgan fingerprint density at radius 1 is 1.46 bits per heavy atom. The molecule has 1 aromatic heterocycles. The van der Waals surface area contributed by atoms with Gasteiger partial charge in [-0.2, -0.15) is 0 Å². The lowest BCUT2D eigenvalue weighted by Gasteiger charge is -2.37. The molecule has 0 amide bonds. The van der Waals surface area contributed by atoms with Gasteiger partial charge in [0.25, 0.3) is 0 Å². The summed E-state index contributed by atoms with van der Waals surface area (Å²) in [6.07, 6.45) is 0. The van der Waals surface area contributed by atoms with E-state index in [9.17, 15) is 14.7 Å². The van der Waals surface area contributed by atoms with Crippen LogP contribution >= 0.6 is 15.9 Å². The molecule has 3 rings (SSSR count). The van der Waals surface area contributed by atoms with Crippen molar-refractivity contribution in [2.75, 3.05) is 30.3 Å². The minimum absolute atomic E-state index is 0.0454. The highest BCUT2D eigenvalue weighted by Gasteiger charge is 2.34. The highest BCUT2D eigenvalue weighted by Crippen LogP contribution is 2.22. The minimum Gasteiger partial charge on any atom is -0.409 e. The third-order valence-corrected chi connectivity index (χ3v) is 4.10. The number of anilines is 2. The molecule has 0 bridgehead atoms. The van der Waals surface area contributed by atoms with Gasteiger partial charge in [-0.15, -0.1) is 0 Å². The van der Waals surface area contributed by atoms with Gasteiger partial charge in [-0.25, -0.2) is 9.02 Å². The molecular formula is C13H14BrFN6O3. The van der Waals surface area contributed by atoms with Gasteiger partial charge in [0.05, 0.1) is 4.47 Å². The quantitative estimate of drug-likeness (QED) is 0.217. The summed E-state index contributed by atoms with van der Waals surface area (Å²) in [5, 5.41) is 38.4. The van der Waals surface area contributed by atoms with Crippen LogP contribution in [0.3, 0.4) is 0 Å². The van der Waals surface area contributed by atoms with Crippen LogP contribution in [0.5, 0.6) is 0 Å². The zero-order valence-corrected chi connectivity index (χ0v) is 13.8. The molecule has 11 heteroatoms. The SMILES string of the molecule is O/N=C(\Nc1ccc(F)c(Br)c1)c1nonc1NCC1(O)CNC1. The number of rotatable bonds is 5. The molecule has 0 atom stereocenters. The van der Waals surface area contributed by atoms with Gasteiger partial charge in [-0.1, -0.05) is 5.16 Å². The van der Waals surface area contributed by atoms with Crippen LogP contribution in [-0.2, 0) is 0 Å². The number of nitrogens with one attached hydrogen (secondary N) is 3. The molecule has 1 saturated heterocycles. The molecule has 0 spiro atoms. The summed E-state index contributed by atoms with van der Waals surface area (Å²) in [6, 6.07) is 4.19. The molecular weight excluding hydrogens is 387 g/mol. The number of hydrogen-bond acceptors (Lipinski definition) is 8. The first-order valence-corrected chi connectivity index (χ1v) is 7.74. The van der Waals surface area contributed by atoms with Gasteiger partial charge in [-0.05, 0) is 44.4 Å². The van der Waals surface area contributed by atoms with E-state index in [1.807, 2.05) is 0 Å². The fourth-order valence-electron chi connectivity index (χ4n) is 2.09. The summed E-state index contributed by atoms with van der Waals surface area (Å²) in [5.41, 5.74) is -0.289. The Labute approximate surface area is 144 Å². The van der Waals surface area contributed by atoms with Crippen LogP contribution in [0, 0.1) is 5.82 Å². The summed E-state index contributed by atoms with van der Waals surface area (Å²) in [6.45, 7) is 1.15. The van der Waals surface area contributed by atoms with E-state index in [1.54, 1.807) is 0 Å². The molecule has 2 aromatic rings. The molecule has 0 saturated carbocycles. The van der Waals surface area contributed by atoms with Gasteiger partial charge in [-0.3, -0.25) is 0 Å². The second-order valence-electron chi connectivity index (χ2n) is 5.35. The molecule has 0 radical (unpaired) electrons. The van der Waals surface area contributed by atoms with E-state index in [0.717, 1.165) is 0 Å². The van der Waals surface area contributed by atoms with E-state index >= 15 is 0 Å². The molecule has 5 N–H and O–H groups in total. The lowest BCUT2D eigenvalue weighted by atomic mass is 9.97. The first-order valence-electron chi connectivity index (χ1n) is 6.95. The number of amidine groups is 1. The van der Waals surface area contributed by atoms with Crippen LogP contribution in [0.15, 0.2) is 32.5 Å². The second kappa shape index (κ2) is 6.71. The van der Waals surface area contributed by atoms with Crippen LogP contribution in [-0.4, -0.2) is 51.7 Å². The van der Waals surface area contributed by atoms with Crippen LogP contribution in [0.2, 0.25) is 0 Å². The van der Waals surface area contributed by atoms with Gasteiger partial charge in [0, 0.05) is 25.3 Å². The Balaban J connectivity index is 1.74. The molecule has 0 aliphatic carbocycles. The Morgan fingerprint density at radius 3 is 2.88 bits per heavy atom. The number of oxime groups is 1. The molecule has 1 aromatic carbocycles. The van der Waals surface area contributed by atoms with E-state index < -0.39 is 11.4 Å². The number of benzene rings is 1. The molecule has 1 aliphatic rings. The topological polar surface area (TPSA) is 128 Å². The normalized spacial score (nSPS) is 16.5. The Hall–Kier alpha value is -2.24. The van der Waals surface area contributed by atoms with Crippen LogP contribution in [0.4, 0.5) is 15.9 Å². The molecule has 1 aliphatic heterocycles. The van der Waals surface area contributed by atoms with Gasteiger partial charge >= 0.3 is 0 Å². The largest absolute Gasteiger partial charge is 0.409 e. The number of hydrogen-bond donors (Lipinski definition) is 5. The zero-order valence-electron chi connectivity index (χ0n) is 12.3. The van der Waals surface area contributed by atoms with Crippen molar-refractivity contribution < 1.29 is 19.3 Å². The van der Waals surface area contributed by atoms with E-state index in [-0.39, 0.29) is 28.4 Å². The molecule has 1 fully saturated rings. The summed E-state index contributed by atoms with van der Waals surface area (Å²) in [4.78, 5) is 0. The van der Waals surface area contributed by atoms with E-state index in [1.165, 1.54) is 18.2 Å². The Morgan fingerprint density at radius 2 is 2.25 bits per heavy atom. The van der Waals surface area contributed by atoms with Crippen LogP contribution < -0.4 is 16.0 Å². The van der Waals surface area contributed by atoms with Gasteiger partial charge in [0.2, 0.25) is 11.7 Å².